The van der Waals surface area contributed by atoms with Crippen LogP contribution in [0.1, 0.15) is 10.4 Å². The highest BCUT2D eigenvalue weighted by Gasteiger charge is 2.23. The molecule has 21 heavy (non-hydrogen) atoms. The molecule has 0 aromatic heterocycles. The van der Waals surface area contributed by atoms with Crippen molar-refractivity contribution in [3.8, 4) is 5.75 Å². The van der Waals surface area contributed by atoms with Crippen LogP contribution in [0.15, 0.2) is 29.7 Å². The Bertz CT molecular complexity index is 725. The molecule has 1 aliphatic heterocycles. The Morgan fingerprint density at radius 3 is 2.57 bits per heavy atom. The van der Waals surface area contributed by atoms with Crippen molar-refractivity contribution in [1.82, 2.24) is 5.32 Å². The molecule has 1 aromatic carbocycles. The van der Waals surface area contributed by atoms with E-state index in [-0.39, 0.29) is 17.0 Å². The summed E-state index contributed by atoms with van der Waals surface area (Å²) in [6, 6.07) is 2.45. The minimum Gasteiger partial charge on any atom is -0.505 e. The standard InChI is InChI=1S/C12H12N2O6S/c15-10-8(11(16)17)2-1-3-9(10)14-12(18)13-7-4-5-21(19,20)6-7/h1-5,7,15H,6H2,(H,16,17)(H2,13,14,18). The number of phenols is 1. The van der Waals surface area contributed by atoms with Crippen LogP contribution in [0.5, 0.6) is 5.75 Å². The number of benzene rings is 1. The molecular formula is C12H12N2O6S. The van der Waals surface area contributed by atoms with E-state index >= 15 is 0 Å². The fourth-order valence-electron chi connectivity index (χ4n) is 1.81. The summed E-state index contributed by atoms with van der Waals surface area (Å²) in [6.45, 7) is 0. The summed E-state index contributed by atoms with van der Waals surface area (Å²) in [6.07, 6.45) is 1.34. The monoisotopic (exact) mass is 312 g/mol. The van der Waals surface area contributed by atoms with Crippen molar-refractivity contribution in [3.05, 3.63) is 35.2 Å². The first-order valence-electron chi connectivity index (χ1n) is 5.82. The van der Waals surface area contributed by atoms with Gasteiger partial charge in [-0.3, -0.25) is 0 Å². The summed E-state index contributed by atoms with van der Waals surface area (Å²) < 4.78 is 22.4. The van der Waals surface area contributed by atoms with Gasteiger partial charge in [-0.2, -0.15) is 0 Å². The number of rotatable bonds is 3. The van der Waals surface area contributed by atoms with E-state index in [1.165, 1.54) is 24.3 Å². The summed E-state index contributed by atoms with van der Waals surface area (Å²) in [7, 11) is -3.29. The average Bonchev–Trinajstić information content (AvgIpc) is 2.70. The number of hydrogen-bond donors (Lipinski definition) is 4. The molecule has 0 fully saturated rings. The number of amides is 2. The van der Waals surface area contributed by atoms with E-state index in [4.69, 9.17) is 5.11 Å². The number of carboxylic acids is 1. The number of carboxylic acid groups (broad SMARTS) is 1. The Balaban J connectivity index is 2.06. The zero-order chi connectivity index (χ0) is 15.6. The van der Waals surface area contributed by atoms with Crippen LogP contribution in [0, 0.1) is 0 Å². The minimum absolute atomic E-state index is 0.0859. The maximum atomic E-state index is 11.7. The van der Waals surface area contributed by atoms with Gasteiger partial charge in [0.15, 0.2) is 15.6 Å². The van der Waals surface area contributed by atoms with Crippen molar-refractivity contribution in [2.45, 2.75) is 6.04 Å². The zero-order valence-electron chi connectivity index (χ0n) is 10.6. The zero-order valence-corrected chi connectivity index (χ0v) is 11.4. The number of aromatic hydroxyl groups is 1. The molecule has 4 N–H and O–H groups in total. The van der Waals surface area contributed by atoms with Gasteiger partial charge in [0.2, 0.25) is 0 Å². The van der Waals surface area contributed by atoms with Crippen LogP contribution in [-0.4, -0.2) is 42.4 Å². The van der Waals surface area contributed by atoms with Gasteiger partial charge in [-0.05, 0) is 18.2 Å². The van der Waals surface area contributed by atoms with E-state index < -0.39 is 33.6 Å². The third-order valence-corrected chi connectivity index (χ3v) is 4.16. The average molecular weight is 312 g/mol. The van der Waals surface area contributed by atoms with Crippen molar-refractivity contribution >= 4 is 27.5 Å². The SMILES string of the molecule is O=C(Nc1cccc(C(=O)O)c1O)NC1C=CS(=O)(=O)C1. The second kappa shape index (κ2) is 5.44. The molecular weight excluding hydrogens is 300 g/mol. The van der Waals surface area contributed by atoms with Crippen molar-refractivity contribution in [3.63, 3.8) is 0 Å². The van der Waals surface area contributed by atoms with Gasteiger partial charge in [0.1, 0.15) is 5.56 Å². The highest BCUT2D eigenvalue weighted by atomic mass is 32.2. The maximum absolute atomic E-state index is 11.7. The number of nitrogens with one attached hydrogen (secondary N) is 2. The lowest BCUT2D eigenvalue weighted by Crippen LogP contribution is -2.38. The summed E-state index contributed by atoms with van der Waals surface area (Å²) in [5, 5.41) is 24.2. The Morgan fingerprint density at radius 2 is 2.00 bits per heavy atom. The molecule has 8 nitrogen and oxygen atoms in total. The first kappa shape index (κ1) is 14.9. The van der Waals surface area contributed by atoms with Gasteiger partial charge >= 0.3 is 12.0 Å². The van der Waals surface area contributed by atoms with Crippen molar-refractivity contribution in [2.24, 2.45) is 0 Å². The number of aromatic carboxylic acids is 1. The van der Waals surface area contributed by atoms with Gasteiger partial charge in [0.05, 0.1) is 17.5 Å². The summed E-state index contributed by atoms with van der Waals surface area (Å²) in [4.78, 5) is 22.5. The third kappa shape index (κ3) is 3.51. The Hall–Kier alpha value is -2.55. The highest BCUT2D eigenvalue weighted by molar-refractivity contribution is 7.94. The molecule has 0 spiro atoms. The number of carbonyl (C=O) groups is 2. The number of anilines is 1. The molecule has 1 aliphatic rings. The lowest BCUT2D eigenvalue weighted by Gasteiger charge is -2.13. The van der Waals surface area contributed by atoms with Gasteiger partial charge in [-0.1, -0.05) is 6.07 Å². The number of sulfone groups is 1. The molecule has 0 aliphatic carbocycles. The lowest BCUT2D eigenvalue weighted by atomic mass is 10.1. The molecule has 1 unspecified atom stereocenters. The quantitative estimate of drug-likeness (QED) is 0.601. The van der Waals surface area contributed by atoms with Crippen molar-refractivity contribution in [1.29, 1.82) is 0 Å². The molecule has 0 radical (unpaired) electrons. The molecule has 2 rings (SSSR count). The number of hydrogen-bond acceptors (Lipinski definition) is 5. The molecule has 1 heterocycles. The summed E-state index contributed by atoms with van der Waals surface area (Å²) >= 11 is 0. The summed E-state index contributed by atoms with van der Waals surface area (Å²) in [5.74, 6) is -2.14. The number of urea groups is 1. The van der Waals surface area contributed by atoms with E-state index in [9.17, 15) is 23.1 Å². The molecule has 1 aromatic rings. The summed E-state index contributed by atoms with van der Waals surface area (Å²) in [5.41, 5.74) is -0.437. The van der Waals surface area contributed by atoms with Crippen molar-refractivity contribution < 1.29 is 28.2 Å². The van der Waals surface area contributed by atoms with Crippen LogP contribution in [0.25, 0.3) is 0 Å². The van der Waals surface area contributed by atoms with Gasteiger partial charge < -0.3 is 20.8 Å². The van der Waals surface area contributed by atoms with Crippen LogP contribution in [0.4, 0.5) is 10.5 Å². The molecule has 0 saturated heterocycles. The van der Waals surface area contributed by atoms with Gasteiger partial charge in [-0.15, -0.1) is 0 Å². The molecule has 0 bridgehead atoms. The smallest absolute Gasteiger partial charge is 0.339 e. The Morgan fingerprint density at radius 1 is 1.29 bits per heavy atom. The lowest BCUT2D eigenvalue weighted by molar-refractivity contribution is 0.0693. The van der Waals surface area contributed by atoms with E-state index in [0.717, 1.165) is 5.41 Å². The molecule has 2 amide bonds. The van der Waals surface area contributed by atoms with Crippen LogP contribution < -0.4 is 10.6 Å². The van der Waals surface area contributed by atoms with Crippen LogP contribution in [0.2, 0.25) is 0 Å². The van der Waals surface area contributed by atoms with Gasteiger partial charge in [0, 0.05) is 5.41 Å². The Labute approximate surface area is 120 Å². The van der Waals surface area contributed by atoms with Crippen molar-refractivity contribution in [2.75, 3.05) is 11.1 Å². The topological polar surface area (TPSA) is 133 Å². The van der Waals surface area contributed by atoms with Crippen LogP contribution >= 0.6 is 0 Å². The normalized spacial score (nSPS) is 19.1. The predicted octanol–water partition coefficient (Wildman–Crippen LogP) is 0.523. The first-order valence-corrected chi connectivity index (χ1v) is 7.54. The third-order valence-electron chi connectivity index (χ3n) is 2.76. The Kier molecular flexibility index (Phi) is 3.85. The second-order valence-electron chi connectivity index (χ2n) is 4.37. The fourth-order valence-corrected chi connectivity index (χ4v) is 3.04. The molecule has 0 saturated carbocycles. The largest absolute Gasteiger partial charge is 0.505 e. The fraction of sp³-hybridized carbons (Fsp3) is 0.167. The van der Waals surface area contributed by atoms with Crippen LogP contribution in [-0.2, 0) is 9.84 Å². The van der Waals surface area contributed by atoms with Gasteiger partial charge in [-0.25, -0.2) is 18.0 Å². The first-order chi connectivity index (χ1) is 9.78. The molecule has 112 valence electrons. The van der Waals surface area contributed by atoms with Crippen LogP contribution in [0.3, 0.4) is 0 Å². The number of para-hydroxylation sites is 1. The predicted molar refractivity (Wildman–Crippen MR) is 73.9 cm³/mol. The van der Waals surface area contributed by atoms with E-state index in [2.05, 4.69) is 10.6 Å². The minimum atomic E-state index is -3.29. The van der Waals surface area contributed by atoms with E-state index in [1.54, 1.807) is 0 Å². The molecule has 1 atom stereocenters. The van der Waals surface area contributed by atoms with E-state index in [1.807, 2.05) is 0 Å². The maximum Gasteiger partial charge on any atom is 0.339 e. The number of carbonyl (C=O) groups excluding carboxylic acids is 1. The van der Waals surface area contributed by atoms with Gasteiger partial charge in [0.25, 0.3) is 0 Å². The highest BCUT2D eigenvalue weighted by Crippen LogP contribution is 2.27. The van der Waals surface area contributed by atoms with E-state index in [0.29, 0.717) is 0 Å². The second-order valence-corrected chi connectivity index (χ2v) is 6.30. The molecule has 9 heteroatoms.